The maximum absolute atomic E-state index is 11.0. The Labute approximate surface area is 98.9 Å². The van der Waals surface area contributed by atoms with Crippen LogP contribution in [0.1, 0.15) is 26.7 Å². The van der Waals surface area contributed by atoms with Crippen LogP contribution in [0.15, 0.2) is 36.6 Å². The molecule has 3 heteroatoms. The molecule has 0 aromatic carbocycles. The molecule has 1 N–H and O–H groups in total. The van der Waals surface area contributed by atoms with E-state index in [2.05, 4.69) is 18.5 Å². The van der Waals surface area contributed by atoms with Crippen LogP contribution in [-0.2, 0) is 9.53 Å². The number of allylic oxidation sites excluding steroid dienone is 3. The maximum Gasteiger partial charge on any atom is 0.220 e. The second kappa shape index (κ2) is 11.6. The van der Waals surface area contributed by atoms with Crippen LogP contribution in [0.4, 0.5) is 0 Å². The predicted octanol–water partition coefficient (Wildman–Crippen LogP) is 2.81. The van der Waals surface area contributed by atoms with Gasteiger partial charge in [0.15, 0.2) is 0 Å². The van der Waals surface area contributed by atoms with Crippen molar-refractivity contribution < 1.29 is 9.53 Å². The molecule has 0 bridgehead atoms. The average Bonchev–Trinajstić information content (AvgIpc) is 2.34. The van der Waals surface area contributed by atoms with Gasteiger partial charge in [-0.15, -0.1) is 0 Å². The van der Waals surface area contributed by atoms with Crippen molar-refractivity contribution in [3.05, 3.63) is 36.6 Å². The lowest BCUT2D eigenvalue weighted by Crippen LogP contribution is -2.17. The maximum atomic E-state index is 11.0. The molecule has 0 spiro atoms. The van der Waals surface area contributed by atoms with Gasteiger partial charge < -0.3 is 10.1 Å². The lowest BCUT2D eigenvalue weighted by atomic mass is 10.1. The molecule has 0 radical (unpaired) electrons. The summed E-state index contributed by atoms with van der Waals surface area (Å²) in [4.78, 5) is 11.0. The summed E-state index contributed by atoms with van der Waals surface area (Å²) in [6.07, 6.45) is 4.37. The zero-order chi connectivity index (χ0) is 13.0. The van der Waals surface area contributed by atoms with Gasteiger partial charge in [-0.25, -0.2) is 0 Å². The van der Waals surface area contributed by atoms with Gasteiger partial charge in [0.25, 0.3) is 0 Å². The highest BCUT2D eigenvalue weighted by atomic mass is 16.5. The van der Waals surface area contributed by atoms with Crippen LogP contribution in [0.2, 0.25) is 0 Å². The monoisotopic (exact) mass is 225 g/mol. The van der Waals surface area contributed by atoms with E-state index in [-0.39, 0.29) is 5.91 Å². The first-order valence-corrected chi connectivity index (χ1v) is 5.41. The summed E-state index contributed by atoms with van der Waals surface area (Å²) >= 11 is 0. The predicted molar refractivity (Wildman–Crippen MR) is 69.1 cm³/mol. The Morgan fingerprint density at radius 1 is 1.38 bits per heavy atom. The third-order valence-electron chi connectivity index (χ3n) is 1.77. The second-order valence-corrected chi connectivity index (χ2v) is 2.75. The van der Waals surface area contributed by atoms with Crippen LogP contribution in [0, 0.1) is 0 Å². The Morgan fingerprint density at radius 3 is 2.31 bits per heavy atom. The molecule has 0 atom stereocenters. The number of carbonyl (C=O) groups is 1. The van der Waals surface area contributed by atoms with Crippen LogP contribution in [-0.4, -0.2) is 20.1 Å². The molecule has 16 heavy (non-hydrogen) atoms. The highest BCUT2D eigenvalue weighted by molar-refractivity contribution is 5.75. The second-order valence-electron chi connectivity index (χ2n) is 2.75. The van der Waals surface area contributed by atoms with Crippen LogP contribution < -0.4 is 5.32 Å². The minimum atomic E-state index is 0.000191. The van der Waals surface area contributed by atoms with Crippen LogP contribution in [0.25, 0.3) is 0 Å². The lowest BCUT2D eigenvalue weighted by Gasteiger charge is -2.08. The van der Waals surface area contributed by atoms with Gasteiger partial charge in [-0.2, -0.15) is 0 Å². The zero-order valence-electron chi connectivity index (χ0n) is 10.8. The number of ether oxygens (including phenoxy) is 1. The first-order valence-electron chi connectivity index (χ1n) is 5.41. The Morgan fingerprint density at radius 2 is 1.94 bits per heavy atom. The van der Waals surface area contributed by atoms with Gasteiger partial charge in [0.1, 0.15) is 5.76 Å². The number of nitrogens with one attached hydrogen (secondary N) is 1. The SMILES string of the molecule is C=C/C=C(/OC)C(=C)CCC(=O)NC.CC. The molecule has 0 aromatic rings. The zero-order valence-corrected chi connectivity index (χ0v) is 10.8. The van der Waals surface area contributed by atoms with E-state index in [4.69, 9.17) is 4.74 Å². The van der Waals surface area contributed by atoms with E-state index >= 15 is 0 Å². The number of hydrogen-bond acceptors (Lipinski definition) is 2. The molecule has 0 saturated heterocycles. The smallest absolute Gasteiger partial charge is 0.220 e. The molecule has 92 valence electrons. The molecule has 0 aliphatic carbocycles. The highest BCUT2D eigenvalue weighted by Gasteiger charge is 2.04. The van der Waals surface area contributed by atoms with Gasteiger partial charge in [0, 0.05) is 13.5 Å². The van der Waals surface area contributed by atoms with Crippen molar-refractivity contribution in [3.8, 4) is 0 Å². The van der Waals surface area contributed by atoms with Crippen molar-refractivity contribution in [2.45, 2.75) is 26.7 Å². The molecular weight excluding hydrogens is 202 g/mol. The van der Waals surface area contributed by atoms with Crippen LogP contribution in [0.5, 0.6) is 0 Å². The number of hydrogen-bond donors (Lipinski definition) is 1. The van der Waals surface area contributed by atoms with E-state index < -0.39 is 0 Å². The van der Waals surface area contributed by atoms with Crippen molar-refractivity contribution in [2.75, 3.05) is 14.2 Å². The van der Waals surface area contributed by atoms with Crippen LogP contribution >= 0.6 is 0 Å². The quantitative estimate of drug-likeness (QED) is 0.557. The minimum absolute atomic E-state index is 0.000191. The van der Waals surface area contributed by atoms with Crippen molar-refractivity contribution >= 4 is 5.91 Å². The van der Waals surface area contributed by atoms with Crippen molar-refractivity contribution in [1.82, 2.24) is 5.32 Å². The van der Waals surface area contributed by atoms with Gasteiger partial charge in [0.2, 0.25) is 5.91 Å². The summed E-state index contributed by atoms with van der Waals surface area (Å²) < 4.78 is 5.08. The first kappa shape index (κ1) is 16.9. The van der Waals surface area contributed by atoms with E-state index in [0.717, 1.165) is 5.57 Å². The standard InChI is InChI=1S/C11H17NO2.C2H6/c1-5-6-10(14-4)9(2)7-8-11(13)12-3;1-2/h5-6H,1-2,7-8H2,3-4H3,(H,12,13);1-2H3/b10-6+;. The Balaban J connectivity index is 0. The molecule has 0 aliphatic heterocycles. The lowest BCUT2D eigenvalue weighted by molar-refractivity contribution is -0.120. The summed E-state index contributed by atoms with van der Waals surface area (Å²) in [6, 6.07) is 0. The summed E-state index contributed by atoms with van der Waals surface area (Å²) in [7, 11) is 3.18. The van der Waals surface area contributed by atoms with Gasteiger partial charge in [-0.3, -0.25) is 4.79 Å². The van der Waals surface area contributed by atoms with Gasteiger partial charge in [0.05, 0.1) is 7.11 Å². The average molecular weight is 225 g/mol. The van der Waals surface area contributed by atoms with E-state index in [0.29, 0.717) is 18.6 Å². The van der Waals surface area contributed by atoms with E-state index in [1.807, 2.05) is 13.8 Å². The molecule has 0 aromatic heterocycles. The summed E-state index contributed by atoms with van der Waals surface area (Å²) in [6.45, 7) is 11.4. The molecular formula is C13H23NO2. The van der Waals surface area contributed by atoms with E-state index in [9.17, 15) is 4.79 Å². The Hall–Kier alpha value is -1.51. The highest BCUT2D eigenvalue weighted by Crippen LogP contribution is 2.14. The van der Waals surface area contributed by atoms with Crippen LogP contribution in [0.3, 0.4) is 0 Å². The molecule has 0 rings (SSSR count). The van der Waals surface area contributed by atoms with Gasteiger partial charge in [-0.1, -0.05) is 33.1 Å². The van der Waals surface area contributed by atoms with Gasteiger partial charge in [-0.05, 0) is 18.1 Å². The van der Waals surface area contributed by atoms with E-state index in [1.54, 1.807) is 26.3 Å². The number of amides is 1. The summed E-state index contributed by atoms with van der Waals surface area (Å²) in [5.74, 6) is 0.670. The molecule has 0 fully saturated rings. The number of carbonyl (C=O) groups excluding carboxylic acids is 1. The third-order valence-corrected chi connectivity index (χ3v) is 1.77. The summed E-state index contributed by atoms with van der Waals surface area (Å²) in [5, 5.41) is 2.55. The Bertz CT molecular complexity index is 255. The van der Waals surface area contributed by atoms with Crippen molar-refractivity contribution in [3.63, 3.8) is 0 Å². The Kier molecular flexibility index (Phi) is 12.2. The van der Waals surface area contributed by atoms with Crippen molar-refractivity contribution in [2.24, 2.45) is 0 Å². The molecule has 0 heterocycles. The molecule has 0 aliphatic rings. The normalized spacial score (nSPS) is 9.62. The topological polar surface area (TPSA) is 38.3 Å². The molecule has 0 saturated carbocycles. The van der Waals surface area contributed by atoms with Crippen molar-refractivity contribution in [1.29, 1.82) is 0 Å². The molecule has 0 unspecified atom stereocenters. The fourth-order valence-corrected chi connectivity index (χ4v) is 0.950. The number of methoxy groups -OCH3 is 1. The largest absolute Gasteiger partial charge is 0.497 e. The summed E-state index contributed by atoms with van der Waals surface area (Å²) in [5.41, 5.74) is 0.802. The minimum Gasteiger partial charge on any atom is -0.497 e. The fraction of sp³-hybridized carbons (Fsp3) is 0.462. The third kappa shape index (κ3) is 7.85. The first-order chi connectivity index (χ1) is 7.65. The molecule has 1 amide bonds. The molecule has 3 nitrogen and oxygen atoms in total. The number of rotatable bonds is 6. The van der Waals surface area contributed by atoms with Gasteiger partial charge >= 0.3 is 0 Å². The fourth-order valence-electron chi connectivity index (χ4n) is 0.950. The van der Waals surface area contributed by atoms with E-state index in [1.165, 1.54) is 0 Å².